The van der Waals surface area contributed by atoms with Gasteiger partial charge in [0.1, 0.15) is 5.82 Å². The van der Waals surface area contributed by atoms with Crippen molar-refractivity contribution in [2.45, 2.75) is 52.9 Å². The minimum absolute atomic E-state index is 0.0943. The Labute approximate surface area is 86.8 Å². The average molecular weight is 192 g/mol. The van der Waals surface area contributed by atoms with Gasteiger partial charge < -0.3 is 0 Å². The molecule has 78 valence electrons. The van der Waals surface area contributed by atoms with Crippen LogP contribution < -0.4 is 0 Å². The van der Waals surface area contributed by atoms with E-state index in [0.717, 1.165) is 24.4 Å². The summed E-state index contributed by atoms with van der Waals surface area (Å²) in [6, 6.07) is 0. The van der Waals surface area contributed by atoms with Gasteiger partial charge in [-0.05, 0) is 25.3 Å². The van der Waals surface area contributed by atoms with E-state index in [2.05, 4.69) is 44.6 Å². The fourth-order valence-electron chi connectivity index (χ4n) is 1.32. The van der Waals surface area contributed by atoms with Gasteiger partial charge in [0.2, 0.25) is 0 Å². The Balaban J connectivity index is 3.08. The van der Waals surface area contributed by atoms with Crippen LogP contribution in [0.5, 0.6) is 0 Å². The first kappa shape index (κ1) is 11.2. The molecule has 0 aliphatic carbocycles. The van der Waals surface area contributed by atoms with Crippen LogP contribution in [0.3, 0.4) is 0 Å². The topological polar surface area (TPSA) is 25.8 Å². The van der Waals surface area contributed by atoms with E-state index in [-0.39, 0.29) is 5.41 Å². The number of aromatic nitrogens is 2. The van der Waals surface area contributed by atoms with Crippen LogP contribution in [0, 0.1) is 6.92 Å². The molecule has 2 heteroatoms. The van der Waals surface area contributed by atoms with E-state index in [4.69, 9.17) is 0 Å². The van der Waals surface area contributed by atoms with Crippen LogP contribution in [0.15, 0.2) is 6.20 Å². The Hall–Kier alpha value is -0.920. The number of hydrogen-bond acceptors (Lipinski definition) is 2. The largest absolute Gasteiger partial charge is 0.240 e. The predicted molar refractivity (Wildman–Crippen MR) is 59.5 cm³/mol. The standard InChI is InChI=1S/C12H20N2/c1-6-10-8-13-11(14-9(10)3)12(4,5)7-2/h8H,6-7H2,1-5H3. The molecule has 0 radical (unpaired) electrons. The first-order chi connectivity index (χ1) is 6.51. The van der Waals surface area contributed by atoms with E-state index in [0.29, 0.717) is 0 Å². The molecule has 0 unspecified atom stereocenters. The molecule has 0 atom stereocenters. The van der Waals surface area contributed by atoms with E-state index in [9.17, 15) is 0 Å². The summed E-state index contributed by atoms with van der Waals surface area (Å²) in [5.74, 6) is 0.967. The van der Waals surface area contributed by atoms with Crippen LogP contribution in [0.2, 0.25) is 0 Å². The highest BCUT2D eigenvalue weighted by atomic mass is 14.9. The zero-order valence-electron chi connectivity index (χ0n) is 9.89. The van der Waals surface area contributed by atoms with Crippen LogP contribution in [0.25, 0.3) is 0 Å². The van der Waals surface area contributed by atoms with E-state index in [1.54, 1.807) is 0 Å². The number of rotatable bonds is 3. The van der Waals surface area contributed by atoms with Crippen LogP contribution in [-0.4, -0.2) is 9.97 Å². The van der Waals surface area contributed by atoms with E-state index < -0.39 is 0 Å². The molecule has 2 nitrogen and oxygen atoms in total. The Bertz CT molecular complexity index is 316. The minimum atomic E-state index is 0.0943. The van der Waals surface area contributed by atoms with Crippen molar-refractivity contribution in [1.82, 2.24) is 9.97 Å². The number of nitrogens with zero attached hydrogens (tertiary/aromatic N) is 2. The molecule has 0 saturated carbocycles. The second-order valence-electron chi connectivity index (χ2n) is 4.40. The summed E-state index contributed by atoms with van der Waals surface area (Å²) >= 11 is 0. The van der Waals surface area contributed by atoms with Crippen molar-refractivity contribution in [2.24, 2.45) is 0 Å². The predicted octanol–water partition coefficient (Wildman–Crippen LogP) is 3.04. The van der Waals surface area contributed by atoms with E-state index in [1.165, 1.54) is 5.56 Å². The van der Waals surface area contributed by atoms with Gasteiger partial charge >= 0.3 is 0 Å². The van der Waals surface area contributed by atoms with Gasteiger partial charge in [-0.25, -0.2) is 9.97 Å². The third kappa shape index (κ3) is 2.11. The maximum absolute atomic E-state index is 4.58. The lowest BCUT2D eigenvalue weighted by Crippen LogP contribution is -2.20. The van der Waals surface area contributed by atoms with Crippen molar-refractivity contribution in [1.29, 1.82) is 0 Å². The fraction of sp³-hybridized carbons (Fsp3) is 0.667. The highest BCUT2D eigenvalue weighted by Gasteiger charge is 2.21. The molecule has 0 aromatic carbocycles. The molecular weight excluding hydrogens is 172 g/mol. The fourth-order valence-corrected chi connectivity index (χ4v) is 1.32. The van der Waals surface area contributed by atoms with Crippen LogP contribution >= 0.6 is 0 Å². The quantitative estimate of drug-likeness (QED) is 0.735. The Kier molecular flexibility index (Phi) is 3.25. The molecule has 1 rings (SSSR count). The highest BCUT2D eigenvalue weighted by Crippen LogP contribution is 2.23. The van der Waals surface area contributed by atoms with Gasteiger partial charge in [-0.1, -0.05) is 27.7 Å². The van der Waals surface area contributed by atoms with Crippen LogP contribution in [0.1, 0.15) is 51.2 Å². The van der Waals surface area contributed by atoms with Gasteiger partial charge in [-0.15, -0.1) is 0 Å². The van der Waals surface area contributed by atoms with Crippen molar-refractivity contribution in [3.05, 3.63) is 23.3 Å². The monoisotopic (exact) mass is 192 g/mol. The summed E-state index contributed by atoms with van der Waals surface area (Å²) < 4.78 is 0. The van der Waals surface area contributed by atoms with Gasteiger partial charge in [0.25, 0.3) is 0 Å². The summed E-state index contributed by atoms with van der Waals surface area (Å²) in [6.07, 6.45) is 4.05. The first-order valence-electron chi connectivity index (χ1n) is 5.34. The maximum Gasteiger partial charge on any atom is 0.134 e. The van der Waals surface area contributed by atoms with Gasteiger partial charge in [0, 0.05) is 17.3 Å². The summed E-state index contributed by atoms with van der Waals surface area (Å²) in [6.45, 7) is 10.7. The van der Waals surface area contributed by atoms with Crippen molar-refractivity contribution < 1.29 is 0 Å². The molecule has 0 N–H and O–H groups in total. The molecule has 0 spiro atoms. The van der Waals surface area contributed by atoms with Gasteiger partial charge in [-0.3, -0.25) is 0 Å². The van der Waals surface area contributed by atoms with Crippen molar-refractivity contribution >= 4 is 0 Å². The summed E-state index contributed by atoms with van der Waals surface area (Å²) in [5, 5.41) is 0. The molecule has 0 bridgehead atoms. The zero-order valence-corrected chi connectivity index (χ0v) is 9.89. The SMILES string of the molecule is CCc1cnc(C(C)(C)CC)nc1C. The second-order valence-corrected chi connectivity index (χ2v) is 4.40. The summed E-state index contributed by atoms with van der Waals surface area (Å²) in [7, 11) is 0. The normalized spacial score (nSPS) is 11.8. The lowest BCUT2D eigenvalue weighted by Gasteiger charge is -2.21. The van der Waals surface area contributed by atoms with Crippen molar-refractivity contribution in [3.8, 4) is 0 Å². The van der Waals surface area contributed by atoms with Crippen molar-refractivity contribution in [3.63, 3.8) is 0 Å². The molecule has 0 saturated heterocycles. The molecule has 0 amide bonds. The average Bonchev–Trinajstić information content (AvgIpc) is 2.17. The molecule has 1 heterocycles. The zero-order chi connectivity index (χ0) is 10.8. The molecule has 0 aliphatic rings. The van der Waals surface area contributed by atoms with E-state index in [1.807, 2.05) is 6.20 Å². The van der Waals surface area contributed by atoms with Gasteiger partial charge in [0.15, 0.2) is 0 Å². The van der Waals surface area contributed by atoms with Crippen LogP contribution in [0.4, 0.5) is 0 Å². The molecule has 14 heavy (non-hydrogen) atoms. The Morgan fingerprint density at radius 3 is 2.36 bits per heavy atom. The summed E-state index contributed by atoms with van der Waals surface area (Å²) in [5.41, 5.74) is 2.47. The Morgan fingerprint density at radius 1 is 1.29 bits per heavy atom. The number of hydrogen-bond donors (Lipinski definition) is 0. The lowest BCUT2D eigenvalue weighted by atomic mass is 9.89. The van der Waals surface area contributed by atoms with Crippen LogP contribution in [-0.2, 0) is 11.8 Å². The smallest absolute Gasteiger partial charge is 0.134 e. The minimum Gasteiger partial charge on any atom is -0.240 e. The molecule has 0 aliphatic heterocycles. The third-order valence-corrected chi connectivity index (χ3v) is 2.95. The number of aryl methyl sites for hydroxylation is 2. The molecule has 1 aromatic rings. The highest BCUT2D eigenvalue weighted by molar-refractivity contribution is 5.18. The maximum atomic E-state index is 4.58. The third-order valence-electron chi connectivity index (χ3n) is 2.95. The molecule has 1 aromatic heterocycles. The van der Waals surface area contributed by atoms with E-state index >= 15 is 0 Å². The molecular formula is C12H20N2. The second kappa shape index (κ2) is 4.07. The van der Waals surface area contributed by atoms with Gasteiger partial charge in [0.05, 0.1) is 0 Å². The summed E-state index contributed by atoms with van der Waals surface area (Å²) in [4.78, 5) is 9.02. The van der Waals surface area contributed by atoms with Gasteiger partial charge in [-0.2, -0.15) is 0 Å². The Morgan fingerprint density at radius 2 is 1.93 bits per heavy atom. The molecule has 0 fully saturated rings. The first-order valence-corrected chi connectivity index (χ1v) is 5.34. The lowest BCUT2D eigenvalue weighted by molar-refractivity contribution is 0.470. The van der Waals surface area contributed by atoms with Crippen molar-refractivity contribution in [2.75, 3.05) is 0 Å².